The van der Waals surface area contributed by atoms with Crippen molar-refractivity contribution in [2.45, 2.75) is 39.7 Å². The number of rotatable bonds is 3. The standard InChI is InChI=1S/C13H20N2/c1-10(2)12-7-5-6-8-13(12,11(3)4)15-9-14/h5-7,10-11,14H,8H2,1-4H3. The van der Waals surface area contributed by atoms with Crippen LogP contribution in [-0.4, -0.2) is 11.5 Å². The van der Waals surface area contributed by atoms with Crippen molar-refractivity contribution >= 4 is 6.01 Å². The van der Waals surface area contributed by atoms with Crippen molar-refractivity contribution in [1.29, 1.82) is 5.41 Å². The molecular formula is C13H20N2. The van der Waals surface area contributed by atoms with Gasteiger partial charge in [0.25, 0.3) is 0 Å². The molecule has 0 bridgehead atoms. The first kappa shape index (κ1) is 11.9. The normalized spacial score (nSPS) is 25.3. The molecule has 1 aliphatic carbocycles. The summed E-state index contributed by atoms with van der Waals surface area (Å²) in [6.07, 6.45) is 7.26. The van der Waals surface area contributed by atoms with E-state index in [1.54, 1.807) is 0 Å². The lowest BCUT2D eigenvalue weighted by Crippen LogP contribution is -2.38. The zero-order chi connectivity index (χ0) is 11.5. The third-order valence-electron chi connectivity index (χ3n) is 3.17. The minimum absolute atomic E-state index is 0.231. The Hall–Kier alpha value is -1.14. The first-order valence-electron chi connectivity index (χ1n) is 5.55. The molecule has 2 nitrogen and oxygen atoms in total. The molecule has 1 rings (SSSR count). The number of hydrogen-bond donors (Lipinski definition) is 1. The van der Waals surface area contributed by atoms with E-state index in [0.29, 0.717) is 11.8 Å². The number of allylic oxidation sites excluding steroid dienone is 2. The lowest BCUT2D eigenvalue weighted by Gasteiger charge is -2.38. The second-order valence-electron chi connectivity index (χ2n) is 4.71. The molecule has 1 unspecified atom stereocenters. The Morgan fingerprint density at radius 3 is 2.53 bits per heavy atom. The molecular weight excluding hydrogens is 184 g/mol. The number of aliphatic imine (C=N–C) groups is 1. The predicted octanol–water partition coefficient (Wildman–Crippen LogP) is 3.68. The molecule has 1 aliphatic rings. The average Bonchev–Trinajstić information content (AvgIpc) is 2.18. The first-order chi connectivity index (χ1) is 7.04. The van der Waals surface area contributed by atoms with E-state index < -0.39 is 0 Å². The molecule has 1 atom stereocenters. The first-order valence-corrected chi connectivity index (χ1v) is 5.55. The molecule has 0 saturated heterocycles. The molecule has 1 N–H and O–H groups in total. The summed E-state index contributed by atoms with van der Waals surface area (Å²) in [6, 6.07) is 2.24. The van der Waals surface area contributed by atoms with Gasteiger partial charge in [-0.05, 0) is 23.8 Å². The van der Waals surface area contributed by atoms with Gasteiger partial charge in [0.05, 0.1) is 11.5 Å². The van der Waals surface area contributed by atoms with Crippen LogP contribution in [-0.2, 0) is 0 Å². The maximum atomic E-state index is 7.12. The van der Waals surface area contributed by atoms with Gasteiger partial charge in [0.2, 0.25) is 0 Å². The topological polar surface area (TPSA) is 36.2 Å². The van der Waals surface area contributed by atoms with Crippen molar-refractivity contribution in [2.24, 2.45) is 16.8 Å². The van der Waals surface area contributed by atoms with Gasteiger partial charge in [-0.25, -0.2) is 10.4 Å². The highest BCUT2D eigenvalue weighted by Gasteiger charge is 2.38. The molecule has 0 heterocycles. The Balaban J connectivity index is 3.23. The fourth-order valence-corrected chi connectivity index (χ4v) is 2.28. The third-order valence-corrected chi connectivity index (χ3v) is 3.17. The van der Waals surface area contributed by atoms with Crippen LogP contribution in [0.5, 0.6) is 0 Å². The zero-order valence-corrected chi connectivity index (χ0v) is 10.0. The molecule has 0 spiro atoms. The zero-order valence-electron chi connectivity index (χ0n) is 10.0. The van der Waals surface area contributed by atoms with Crippen LogP contribution in [0.2, 0.25) is 0 Å². The van der Waals surface area contributed by atoms with Gasteiger partial charge >= 0.3 is 0 Å². The van der Waals surface area contributed by atoms with E-state index in [4.69, 9.17) is 5.41 Å². The van der Waals surface area contributed by atoms with Crippen LogP contribution < -0.4 is 0 Å². The van der Waals surface area contributed by atoms with Crippen LogP contribution in [0.25, 0.3) is 0 Å². The summed E-state index contributed by atoms with van der Waals surface area (Å²) in [4.78, 5) is 4.31. The SMILES string of the molecule is CC(C)C1=CC=CCC1(N=C=N)C(C)C. The van der Waals surface area contributed by atoms with E-state index in [1.807, 2.05) is 0 Å². The van der Waals surface area contributed by atoms with Gasteiger partial charge in [-0.2, -0.15) is 0 Å². The summed E-state index contributed by atoms with van der Waals surface area (Å²) in [6.45, 7) is 8.69. The van der Waals surface area contributed by atoms with Crippen LogP contribution in [0.15, 0.2) is 28.8 Å². The molecule has 15 heavy (non-hydrogen) atoms. The number of hydrogen-bond acceptors (Lipinski definition) is 2. The number of nitrogens with zero attached hydrogens (tertiary/aromatic N) is 1. The molecule has 82 valence electrons. The third kappa shape index (κ3) is 2.10. The van der Waals surface area contributed by atoms with Crippen LogP contribution in [0.3, 0.4) is 0 Å². The Bertz CT molecular complexity index is 330. The van der Waals surface area contributed by atoms with Gasteiger partial charge in [0, 0.05) is 0 Å². The average molecular weight is 204 g/mol. The summed E-state index contributed by atoms with van der Waals surface area (Å²) in [5.74, 6) is 0.864. The Kier molecular flexibility index (Phi) is 3.65. The minimum Gasteiger partial charge on any atom is -0.242 e. The van der Waals surface area contributed by atoms with Crippen molar-refractivity contribution < 1.29 is 0 Å². The van der Waals surface area contributed by atoms with E-state index in [1.165, 1.54) is 5.57 Å². The highest BCUT2D eigenvalue weighted by atomic mass is 14.9. The van der Waals surface area contributed by atoms with E-state index in [9.17, 15) is 0 Å². The molecule has 0 radical (unpaired) electrons. The Morgan fingerprint density at radius 2 is 2.07 bits per heavy atom. The highest BCUT2D eigenvalue weighted by molar-refractivity contribution is 5.43. The van der Waals surface area contributed by atoms with Gasteiger partial charge in [-0.1, -0.05) is 45.9 Å². The maximum absolute atomic E-state index is 7.12. The van der Waals surface area contributed by atoms with Crippen molar-refractivity contribution in [3.05, 3.63) is 23.8 Å². The van der Waals surface area contributed by atoms with Gasteiger partial charge < -0.3 is 0 Å². The smallest absolute Gasteiger partial charge is 0.0988 e. The predicted molar refractivity (Wildman–Crippen MR) is 64.4 cm³/mol. The van der Waals surface area contributed by atoms with Crippen LogP contribution >= 0.6 is 0 Å². The van der Waals surface area contributed by atoms with Crippen LogP contribution in [0.4, 0.5) is 0 Å². The Morgan fingerprint density at radius 1 is 1.40 bits per heavy atom. The second kappa shape index (κ2) is 4.59. The van der Waals surface area contributed by atoms with Gasteiger partial charge in [0.15, 0.2) is 0 Å². The molecule has 0 aromatic heterocycles. The summed E-state index contributed by atoms with van der Waals surface area (Å²) in [5, 5.41) is 7.12. The van der Waals surface area contributed by atoms with E-state index >= 15 is 0 Å². The molecule has 0 aliphatic heterocycles. The lowest BCUT2D eigenvalue weighted by molar-refractivity contribution is 0.343. The summed E-state index contributed by atoms with van der Waals surface area (Å²) in [7, 11) is 0. The van der Waals surface area contributed by atoms with Gasteiger partial charge in [0.1, 0.15) is 0 Å². The lowest BCUT2D eigenvalue weighted by atomic mass is 9.71. The molecule has 0 amide bonds. The summed E-state index contributed by atoms with van der Waals surface area (Å²) < 4.78 is 0. The van der Waals surface area contributed by atoms with Crippen LogP contribution in [0.1, 0.15) is 34.1 Å². The number of nitrogens with one attached hydrogen (secondary N) is 1. The van der Waals surface area contributed by atoms with Crippen LogP contribution in [0, 0.1) is 17.2 Å². The molecule has 2 heteroatoms. The monoisotopic (exact) mass is 204 g/mol. The molecule has 0 aromatic rings. The second-order valence-corrected chi connectivity index (χ2v) is 4.71. The molecule has 0 aromatic carbocycles. The highest BCUT2D eigenvalue weighted by Crippen LogP contribution is 2.39. The quantitative estimate of drug-likeness (QED) is 0.681. The van der Waals surface area contributed by atoms with Gasteiger partial charge in [-0.15, -0.1) is 0 Å². The fraction of sp³-hybridized carbons (Fsp3) is 0.615. The molecule has 0 fully saturated rings. The fourth-order valence-electron chi connectivity index (χ4n) is 2.28. The van der Waals surface area contributed by atoms with E-state index in [2.05, 4.69) is 56.9 Å². The van der Waals surface area contributed by atoms with Crippen molar-refractivity contribution in [1.82, 2.24) is 0 Å². The van der Waals surface area contributed by atoms with E-state index in [-0.39, 0.29) is 5.54 Å². The summed E-state index contributed by atoms with van der Waals surface area (Å²) >= 11 is 0. The van der Waals surface area contributed by atoms with E-state index in [0.717, 1.165) is 6.42 Å². The summed E-state index contributed by atoms with van der Waals surface area (Å²) in [5.41, 5.74) is 1.09. The molecule has 0 saturated carbocycles. The van der Waals surface area contributed by atoms with Crippen molar-refractivity contribution in [3.8, 4) is 0 Å². The Labute approximate surface area is 92.3 Å². The minimum atomic E-state index is -0.231. The van der Waals surface area contributed by atoms with Gasteiger partial charge in [-0.3, -0.25) is 0 Å². The largest absolute Gasteiger partial charge is 0.242 e. The van der Waals surface area contributed by atoms with Crippen molar-refractivity contribution in [2.75, 3.05) is 0 Å². The maximum Gasteiger partial charge on any atom is 0.0988 e. The van der Waals surface area contributed by atoms with Crippen molar-refractivity contribution in [3.63, 3.8) is 0 Å².